The number of pyridine rings is 1. The van der Waals surface area contributed by atoms with Crippen LogP contribution in [0.25, 0.3) is 16.9 Å². The molecular formula is C17H15N5O2. The van der Waals surface area contributed by atoms with Crippen molar-refractivity contribution in [2.45, 2.75) is 12.8 Å². The number of nitrogens with one attached hydrogen (secondary N) is 1. The first-order valence-electron chi connectivity index (χ1n) is 7.69. The lowest BCUT2D eigenvalue weighted by Gasteiger charge is -2.04. The van der Waals surface area contributed by atoms with Gasteiger partial charge in [-0.15, -0.1) is 5.10 Å². The predicted octanol–water partition coefficient (Wildman–Crippen LogP) is 1.84. The summed E-state index contributed by atoms with van der Waals surface area (Å²) in [6.45, 7) is 0. The molecule has 7 heteroatoms. The molecule has 2 amide bonds. The zero-order valence-electron chi connectivity index (χ0n) is 12.8. The average molecular weight is 321 g/mol. The van der Waals surface area contributed by atoms with Crippen LogP contribution in [0.4, 0.5) is 5.95 Å². The number of benzene rings is 1. The van der Waals surface area contributed by atoms with Crippen molar-refractivity contribution >= 4 is 23.4 Å². The summed E-state index contributed by atoms with van der Waals surface area (Å²) in [5.41, 5.74) is 8.03. The third kappa shape index (κ3) is 2.60. The Morgan fingerprint density at radius 3 is 2.54 bits per heavy atom. The average Bonchev–Trinajstić information content (AvgIpc) is 3.35. The molecule has 3 N–H and O–H groups in total. The molecule has 0 aliphatic heterocycles. The number of primary amides is 1. The molecular weight excluding hydrogens is 306 g/mol. The van der Waals surface area contributed by atoms with E-state index in [1.807, 2.05) is 18.2 Å². The summed E-state index contributed by atoms with van der Waals surface area (Å²) >= 11 is 0. The fraction of sp³-hybridized carbons (Fsp3) is 0.176. The first kappa shape index (κ1) is 14.4. The highest BCUT2D eigenvalue weighted by molar-refractivity contribution is 5.93. The van der Waals surface area contributed by atoms with E-state index >= 15 is 0 Å². The van der Waals surface area contributed by atoms with Gasteiger partial charge in [-0.3, -0.25) is 14.9 Å². The second-order valence-corrected chi connectivity index (χ2v) is 5.82. The third-order valence-corrected chi connectivity index (χ3v) is 4.01. The van der Waals surface area contributed by atoms with Gasteiger partial charge in [-0.1, -0.05) is 18.2 Å². The largest absolute Gasteiger partial charge is 0.366 e. The fourth-order valence-corrected chi connectivity index (χ4v) is 2.54. The highest BCUT2D eigenvalue weighted by Crippen LogP contribution is 2.30. The van der Waals surface area contributed by atoms with E-state index in [4.69, 9.17) is 5.73 Å². The summed E-state index contributed by atoms with van der Waals surface area (Å²) in [5.74, 6) is -0.102. The van der Waals surface area contributed by atoms with E-state index in [1.54, 1.807) is 28.8 Å². The number of anilines is 1. The van der Waals surface area contributed by atoms with E-state index in [0.717, 1.165) is 24.1 Å². The van der Waals surface area contributed by atoms with Crippen LogP contribution < -0.4 is 11.1 Å². The van der Waals surface area contributed by atoms with Crippen molar-refractivity contribution in [3.63, 3.8) is 0 Å². The van der Waals surface area contributed by atoms with E-state index in [1.165, 1.54) is 0 Å². The van der Waals surface area contributed by atoms with Crippen molar-refractivity contribution < 1.29 is 9.59 Å². The van der Waals surface area contributed by atoms with Crippen LogP contribution in [0.5, 0.6) is 0 Å². The zero-order valence-corrected chi connectivity index (χ0v) is 12.8. The number of carbonyl (C=O) groups excluding carboxylic acids is 2. The maximum Gasteiger partial charge on any atom is 0.249 e. The molecule has 1 aromatic carbocycles. The first-order valence-corrected chi connectivity index (χ1v) is 7.69. The smallest absolute Gasteiger partial charge is 0.249 e. The van der Waals surface area contributed by atoms with Crippen LogP contribution in [0.1, 0.15) is 23.2 Å². The molecule has 0 radical (unpaired) electrons. The van der Waals surface area contributed by atoms with Gasteiger partial charge in [-0.25, -0.2) is 4.52 Å². The topological polar surface area (TPSA) is 102 Å². The van der Waals surface area contributed by atoms with Gasteiger partial charge in [-0.2, -0.15) is 4.98 Å². The number of amides is 2. The van der Waals surface area contributed by atoms with Gasteiger partial charge in [0.2, 0.25) is 17.8 Å². The van der Waals surface area contributed by atoms with Gasteiger partial charge in [0.1, 0.15) is 0 Å². The van der Waals surface area contributed by atoms with Crippen molar-refractivity contribution in [1.29, 1.82) is 0 Å². The molecule has 120 valence electrons. The van der Waals surface area contributed by atoms with Crippen LogP contribution in [-0.4, -0.2) is 26.4 Å². The van der Waals surface area contributed by atoms with E-state index in [-0.39, 0.29) is 11.8 Å². The Morgan fingerprint density at radius 1 is 1.12 bits per heavy atom. The van der Waals surface area contributed by atoms with E-state index in [2.05, 4.69) is 15.4 Å². The number of aromatic nitrogens is 3. The van der Waals surface area contributed by atoms with E-state index < -0.39 is 5.91 Å². The second-order valence-electron chi connectivity index (χ2n) is 5.82. The van der Waals surface area contributed by atoms with Gasteiger partial charge in [0.05, 0.1) is 5.69 Å². The quantitative estimate of drug-likeness (QED) is 0.765. The number of rotatable bonds is 4. The molecule has 24 heavy (non-hydrogen) atoms. The number of hydrogen-bond acceptors (Lipinski definition) is 4. The van der Waals surface area contributed by atoms with Crippen molar-refractivity contribution in [2.24, 2.45) is 11.7 Å². The first-order chi connectivity index (χ1) is 11.6. The molecule has 1 aliphatic rings. The summed E-state index contributed by atoms with van der Waals surface area (Å²) in [4.78, 5) is 27.4. The molecule has 2 heterocycles. The SMILES string of the molecule is NC(=O)c1ccc(-c2cccc3nc(NC(=O)C4CC4)nn23)cc1. The van der Waals surface area contributed by atoms with Crippen molar-refractivity contribution in [3.8, 4) is 11.3 Å². The van der Waals surface area contributed by atoms with Gasteiger partial charge >= 0.3 is 0 Å². The molecule has 0 bridgehead atoms. The van der Waals surface area contributed by atoms with Crippen LogP contribution in [0.15, 0.2) is 42.5 Å². The molecule has 7 nitrogen and oxygen atoms in total. The summed E-state index contributed by atoms with van der Waals surface area (Å²) in [6, 6.07) is 12.5. The zero-order chi connectivity index (χ0) is 16.7. The monoisotopic (exact) mass is 321 g/mol. The van der Waals surface area contributed by atoms with Gasteiger partial charge in [-0.05, 0) is 37.1 Å². The Balaban J connectivity index is 1.70. The highest BCUT2D eigenvalue weighted by Gasteiger charge is 2.30. The number of carbonyl (C=O) groups is 2. The Kier molecular flexibility index (Phi) is 3.26. The van der Waals surface area contributed by atoms with Crippen LogP contribution in [0.2, 0.25) is 0 Å². The van der Waals surface area contributed by atoms with Crippen molar-refractivity contribution in [1.82, 2.24) is 14.6 Å². The van der Waals surface area contributed by atoms with Crippen LogP contribution in [0.3, 0.4) is 0 Å². The molecule has 1 aliphatic carbocycles. The highest BCUT2D eigenvalue weighted by atomic mass is 16.2. The maximum absolute atomic E-state index is 11.9. The standard InChI is InChI=1S/C17H15N5O2/c18-15(23)11-6-4-10(5-7-11)13-2-1-3-14-19-17(21-22(13)14)20-16(24)12-8-9-12/h1-7,12H,8-9H2,(H2,18,23)(H,20,21,24). The molecule has 3 aromatic rings. The number of hydrogen-bond donors (Lipinski definition) is 2. The Bertz CT molecular complexity index is 941. The minimum atomic E-state index is -0.467. The summed E-state index contributed by atoms with van der Waals surface area (Å²) in [7, 11) is 0. The molecule has 1 fully saturated rings. The normalized spacial score (nSPS) is 13.8. The lowest BCUT2D eigenvalue weighted by Crippen LogP contribution is -2.14. The molecule has 4 rings (SSSR count). The Morgan fingerprint density at radius 2 is 1.88 bits per heavy atom. The van der Waals surface area contributed by atoms with Crippen LogP contribution in [0, 0.1) is 5.92 Å². The van der Waals surface area contributed by atoms with Gasteiger partial charge in [0.25, 0.3) is 0 Å². The van der Waals surface area contributed by atoms with E-state index in [9.17, 15) is 9.59 Å². The molecule has 1 saturated carbocycles. The molecule has 0 saturated heterocycles. The van der Waals surface area contributed by atoms with Gasteiger partial charge < -0.3 is 5.73 Å². The molecule has 0 atom stereocenters. The Labute approximate surface area is 137 Å². The fourth-order valence-electron chi connectivity index (χ4n) is 2.54. The molecule has 0 unspecified atom stereocenters. The minimum Gasteiger partial charge on any atom is -0.366 e. The summed E-state index contributed by atoms with van der Waals surface area (Å²) in [6.07, 6.45) is 1.85. The molecule has 0 spiro atoms. The van der Waals surface area contributed by atoms with Gasteiger partial charge in [0.15, 0.2) is 5.65 Å². The third-order valence-electron chi connectivity index (χ3n) is 4.01. The summed E-state index contributed by atoms with van der Waals surface area (Å²) in [5, 5.41) is 7.13. The number of nitrogens with zero attached hydrogens (tertiary/aromatic N) is 3. The molecule has 2 aromatic heterocycles. The van der Waals surface area contributed by atoms with Crippen molar-refractivity contribution in [3.05, 3.63) is 48.0 Å². The number of fused-ring (bicyclic) bond motifs is 1. The lowest BCUT2D eigenvalue weighted by atomic mass is 10.1. The second kappa shape index (κ2) is 5.45. The maximum atomic E-state index is 11.9. The van der Waals surface area contributed by atoms with Crippen LogP contribution >= 0.6 is 0 Å². The van der Waals surface area contributed by atoms with E-state index in [0.29, 0.717) is 17.2 Å². The van der Waals surface area contributed by atoms with Gasteiger partial charge in [0, 0.05) is 17.0 Å². The van der Waals surface area contributed by atoms with Crippen LogP contribution in [-0.2, 0) is 4.79 Å². The lowest BCUT2D eigenvalue weighted by molar-refractivity contribution is -0.117. The Hall–Kier alpha value is -3.22. The minimum absolute atomic E-state index is 0.0294. The predicted molar refractivity (Wildman–Crippen MR) is 88.3 cm³/mol. The summed E-state index contributed by atoms with van der Waals surface area (Å²) < 4.78 is 1.67. The van der Waals surface area contributed by atoms with Crippen molar-refractivity contribution in [2.75, 3.05) is 5.32 Å². The number of nitrogens with two attached hydrogens (primary N) is 1.